The second kappa shape index (κ2) is 11.1. The van der Waals surface area contributed by atoms with E-state index in [0.717, 1.165) is 5.56 Å². The number of amides is 1. The van der Waals surface area contributed by atoms with Crippen LogP contribution in [0.25, 0.3) is 0 Å². The highest BCUT2D eigenvalue weighted by Gasteiger charge is 2.29. The molecule has 3 rings (SSSR count). The number of ether oxygens (including phenoxy) is 2. The molecule has 1 saturated heterocycles. The number of hydrogen-bond donors (Lipinski definition) is 1. The van der Waals surface area contributed by atoms with Gasteiger partial charge in [-0.1, -0.05) is 43.1 Å². The van der Waals surface area contributed by atoms with E-state index in [2.05, 4.69) is 10.3 Å². The molecular weight excluding hydrogens is 501 g/mol. The van der Waals surface area contributed by atoms with Crippen molar-refractivity contribution in [3.05, 3.63) is 45.6 Å². The molecule has 0 bridgehead atoms. The third kappa shape index (κ3) is 6.33. The lowest BCUT2D eigenvalue weighted by atomic mass is 9.97. The number of carbonyl (C=O) groups is 1. The van der Waals surface area contributed by atoms with Crippen LogP contribution in [-0.4, -0.2) is 50.1 Å². The fourth-order valence-electron chi connectivity index (χ4n) is 3.79. The largest absolute Gasteiger partial charge is 0.481 e. The van der Waals surface area contributed by atoms with Crippen LogP contribution in [-0.2, 0) is 21.4 Å². The Morgan fingerprint density at radius 1 is 1.26 bits per heavy atom. The van der Waals surface area contributed by atoms with Gasteiger partial charge in [-0.05, 0) is 36.5 Å². The van der Waals surface area contributed by atoms with Gasteiger partial charge < -0.3 is 14.8 Å². The van der Waals surface area contributed by atoms with Gasteiger partial charge in [-0.2, -0.15) is 0 Å². The topological polar surface area (TPSA) is 97.8 Å². The van der Waals surface area contributed by atoms with Crippen molar-refractivity contribution in [1.29, 1.82) is 0 Å². The zero-order valence-electron chi connectivity index (χ0n) is 19.6. The number of piperidine rings is 1. The number of aromatic nitrogens is 1. The van der Waals surface area contributed by atoms with Crippen LogP contribution in [0.3, 0.4) is 0 Å². The molecule has 2 aromatic rings. The maximum atomic E-state index is 12.6. The van der Waals surface area contributed by atoms with Gasteiger partial charge in [0.25, 0.3) is 0 Å². The number of rotatable bonds is 8. The molecule has 1 N–H and O–H groups in total. The molecule has 1 aliphatic rings. The lowest BCUT2D eigenvalue weighted by Crippen LogP contribution is -2.42. The molecule has 2 heterocycles. The van der Waals surface area contributed by atoms with Crippen molar-refractivity contribution >= 4 is 39.1 Å². The van der Waals surface area contributed by atoms with E-state index in [1.165, 1.54) is 16.8 Å². The summed E-state index contributed by atoms with van der Waals surface area (Å²) < 4.78 is 36.0. The van der Waals surface area contributed by atoms with Crippen molar-refractivity contribution in [2.75, 3.05) is 26.5 Å². The van der Waals surface area contributed by atoms with Gasteiger partial charge in [0.1, 0.15) is 5.75 Å². The summed E-state index contributed by atoms with van der Waals surface area (Å²) in [7, 11) is -1.67. The SMILES string of the molecule is COc1ncc(Oc2c(Cl)ccc(CNC(=O)C3CCN(S(C)(=O)=O)CC3)c2Cl)cc1C(C)C. The summed E-state index contributed by atoms with van der Waals surface area (Å²) in [5.74, 6) is 1.05. The first-order valence-corrected chi connectivity index (χ1v) is 13.5. The summed E-state index contributed by atoms with van der Waals surface area (Å²) in [6.45, 7) is 4.92. The zero-order chi connectivity index (χ0) is 25.0. The quantitative estimate of drug-likeness (QED) is 0.536. The van der Waals surface area contributed by atoms with Crippen LogP contribution in [0.1, 0.15) is 43.7 Å². The third-order valence-electron chi connectivity index (χ3n) is 5.76. The monoisotopic (exact) mass is 529 g/mol. The third-order valence-corrected chi connectivity index (χ3v) is 7.78. The van der Waals surface area contributed by atoms with Crippen LogP contribution in [0.5, 0.6) is 17.4 Å². The van der Waals surface area contributed by atoms with Gasteiger partial charge in [0.15, 0.2) is 5.75 Å². The Kier molecular flexibility index (Phi) is 8.67. The smallest absolute Gasteiger partial charge is 0.223 e. The lowest BCUT2D eigenvalue weighted by Gasteiger charge is -2.29. The first kappa shape index (κ1) is 26.5. The first-order valence-electron chi connectivity index (χ1n) is 10.9. The molecule has 0 unspecified atom stereocenters. The highest BCUT2D eigenvalue weighted by molar-refractivity contribution is 7.88. The molecule has 1 fully saturated rings. The molecule has 34 heavy (non-hydrogen) atoms. The minimum absolute atomic E-state index is 0.137. The molecule has 11 heteroatoms. The molecular formula is C23H29Cl2N3O5S. The Morgan fingerprint density at radius 3 is 2.53 bits per heavy atom. The van der Waals surface area contributed by atoms with Crippen molar-refractivity contribution in [3.8, 4) is 17.4 Å². The predicted molar refractivity (Wildman–Crippen MR) is 132 cm³/mol. The minimum atomic E-state index is -3.24. The van der Waals surface area contributed by atoms with Gasteiger partial charge in [0.05, 0.1) is 29.6 Å². The first-order chi connectivity index (χ1) is 16.0. The normalized spacial score (nSPS) is 15.4. The zero-order valence-corrected chi connectivity index (χ0v) is 21.9. The van der Waals surface area contributed by atoms with E-state index in [-0.39, 0.29) is 30.0 Å². The highest BCUT2D eigenvalue weighted by atomic mass is 35.5. The van der Waals surface area contributed by atoms with Crippen LogP contribution >= 0.6 is 23.2 Å². The van der Waals surface area contributed by atoms with Gasteiger partial charge in [0, 0.05) is 31.1 Å². The number of pyridine rings is 1. The summed E-state index contributed by atoms with van der Waals surface area (Å²) in [6, 6.07) is 5.23. The van der Waals surface area contributed by atoms with E-state index >= 15 is 0 Å². The number of nitrogens with zero attached hydrogens (tertiary/aromatic N) is 2. The number of sulfonamides is 1. The molecule has 8 nitrogen and oxygen atoms in total. The maximum Gasteiger partial charge on any atom is 0.223 e. The Morgan fingerprint density at radius 2 is 1.94 bits per heavy atom. The highest BCUT2D eigenvalue weighted by Crippen LogP contribution is 2.39. The predicted octanol–water partition coefficient (Wildman–Crippen LogP) is 4.60. The van der Waals surface area contributed by atoms with E-state index in [4.69, 9.17) is 32.7 Å². The van der Waals surface area contributed by atoms with Gasteiger partial charge in [-0.3, -0.25) is 4.79 Å². The van der Waals surface area contributed by atoms with Gasteiger partial charge in [0.2, 0.25) is 21.8 Å². The Hall–Kier alpha value is -2.07. The summed E-state index contributed by atoms with van der Waals surface area (Å²) in [4.78, 5) is 16.9. The van der Waals surface area contributed by atoms with E-state index in [9.17, 15) is 13.2 Å². The number of hydrogen-bond acceptors (Lipinski definition) is 6. The van der Waals surface area contributed by atoms with Crippen molar-refractivity contribution < 1.29 is 22.7 Å². The van der Waals surface area contributed by atoms with Crippen molar-refractivity contribution in [3.63, 3.8) is 0 Å². The van der Waals surface area contributed by atoms with E-state index < -0.39 is 10.0 Å². The fourth-order valence-corrected chi connectivity index (χ4v) is 5.18. The maximum absolute atomic E-state index is 12.6. The van der Waals surface area contributed by atoms with E-state index in [1.54, 1.807) is 19.2 Å². The molecule has 0 spiro atoms. The fraction of sp³-hybridized carbons (Fsp3) is 0.478. The number of halogens is 2. The minimum Gasteiger partial charge on any atom is -0.481 e. The number of nitrogens with one attached hydrogen (secondary N) is 1. The summed E-state index contributed by atoms with van der Waals surface area (Å²) >= 11 is 12.9. The lowest BCUT2D eigenvalue weighted by molar-refractivity contribution is -0.126. The van der Waals surface area contributed by atoms with Crippen LogP contribution in [0, 0.1) is 5.92 Å². The van der Waals surface area contributed by atoms with Crippen LogP contribution in [0.15, 0.2) is 24.4 Å². The van der Waals surface area contributed by atoms with Gasteiger partial charge in [-0.25, -0.2) is 17.7 Å². The standard InChI is InChI=1S/C23H29Cl2N3O5S/c1-14(2)18-11-17(13-27-23(18)32-3)33-21-19(24)6-5-16(20(21)25)12-26-22(29)15-7-9-28(10-8-15)34(4,30)31/h5-6,11,13-15H,7-10,12H2,1-4H3,(H,26,29). The van der Waals surface area contributed by atoms with Crippen LogP contribution in [0.2, 0.25) is 10.0 Å². The summed E-state index contributed by atoms with van der Waals surface area (Å²) in [5.41, 5.74) is 1.53. The molecule has 0 atom stereocenters. The molecule has 1 aromatic heterocycles. The number of carbonyl (C=O) groups excluding carboxylic acids is 1. The number of benzene rings is 1. The van der Waals surface area contributed by atoms with Crippen molar-refractivity contribution in [2.45, 2.75) is 39.2 Å². The molecule has 1 aromatic carbocycles. The molecule has 0 saturated carbocycles. The summed E-state index contributed by atoms with van der Waals surface area (Å²) in [6.07, 6.45) is 3.67. The van der Waals surface area contributed by atoms with Gasteiger partial charge in [-0.15, -0.1) is 0 Å². The average molecular weight is 530 g/mol. The Labute approximate surface area is 210 Å². The Bertz CT molecular complexity index is 1150. The second-order valence-electron chi connectivity index (χ2n) is 8.53. The summed E-state index contributed by atoms with van der Waals surface area (Å²) in [5, 5.41) is 3.52. The number of methoxy groups -OCH3 is 1. The molecule has 0 radical (unpaired) electrons. The van der Waals surface area contributed by atoms with Crippen molar-refractivity contribution in [2.24, 2.45) is 5.92 Å². The molecule has 1 amide bonds. The van der Waals surface area contributed by atoms with Crippen molar-refractivity contribution in [1.82, 2.24) is 14.6 Å². The molecule has 0 aliphatic carbocycles. The molecule has 1 aliphatic heterocycles. The molecule has 186 valence electrons. The van der Waals surface area contributed by atoms with Crippen LogP contribution in [0.4, 0.5) is 0 Å². The van der Waals surface area contributed by atoms with Crippen LogP contribution < -0.4 is 14.8 Å². The average Bonchev–Trinajstić information content (AvgIpc) is 2.80. The Balaban J connectivity index is 1.69. The van der Waals surface area contributed by atoms with E-state index in [0.29, 0.717) is 53.2 Å². The second-order valence-corrected chi connectivity index (χ2v) is 11.3. The van der Waals surface area contributed by atoms with E-state index in [1.807, 2.05) is 19.9 Å². The van der Waals surface area contributed by atoms with Gasteiger partial charge >= 0.3 is 0 Å².